The summed E-state index contributed by atoms with van der Waals surface area (Å²) < 4.78 is 23.7. The zero-order chi connectivity index (χ0) is 18.3. The summed E-state index contributed by atoms with van der Waals surface area (Å²) in [5.41, 5.74) is 0.888. The van der Waals surface area contributed by atoms with E-state index < -0.39 is 10.7 Å². The van der Waals surface area contributed by atoms with Gasteiger partial charge in [0.25, 0.3) is 5.69 Å². The summed E-state index contributed by atoms with van der Waals surface area (Å²) in [5.74, 6) is 0.360. The number of halogens is 1. The summed E-state index contributed by atoms with van der Waals surface area (Å²) in [6.07, 6.45) is 1.33. The second-order valence-corrected chi connectivity index (χ2v) is 5.44. The Labute approximate surface area is 145 Å². The highest BCUT2D eigenvalue weighted by Gasteiger charge is 2.23. The Hall–Kier alpha value is -3.93. The molecule has 1 aliphatic rings. The molecule has 0 saturated carbocycles. The molecule has 0 unspecified atom stereocenters. The van der Waals surface area contributed by atoms with Crippen LogP contribution >= 0.6 is 0 Å². The first kappa shape index (κ1) is 15.6. The number of aromatic nitrogens is 2. The van der Waals surface area contributed by atoms with E-state index in [-0.39, 0.29) is 35.2 Å². The summed E-state index contributed by atoms with van der Waals surface area (Å²) in [4.78, 5) is 17.8. The number of nitrogens with zero attached hydrogens (tertiary/aromatic N) is 3. The van der Waals surface area contributed by atoms with Gasteiger partial charge in [-0.1, -0.05) is 0 Å². The van der Waals surface area contributed by atoms with Crippen molar-refractivity contribution in [2.24, 2.45) is 0 Å². The number of fused-ring (bicyclic) bond motifs is 2. The number of nitriles is 1. The zero-order valence-electron chi connectivity index (χ0n) is 13.0. The van der Waals surface area contributed by atoms with Crippen molar-refractivity contribution in [3.05, 3.63) is 57.7 Å². The van der Waals surface area contributed by atoms with E-state index in [4.69, 9.17) is 9.47 Å². The Morgan fingerprint density at radius 2 is 2.12 bits per heavy atom. The topological polar surface area (TPSA) is 114 Å². The van der Waals surface area contributed by atoms with Gasteiger partial charge in [-0.15, -0.1) is 0 Å². The summed E-state index contributed by atoms with van der Waals surface area (Å²) >= 11 is 0. The zero-order valence-corrected chi connectivity index (χ0v) is 13.0. The van der Waals surface area contributed by atoms with Gasteiger partial charge in [-0.25, -0.2) is 9.37 Å². The van der Waals surface area contributed by atoms with Crippen molar-refractivity contribution in [2.75, 3.05) is 6.79 Å². The third-order valence-electron chi connectivity index (χ3n) is 3.84. The standard InChI is InChI=1S/C17H9FN4O4/c18-11-1-2-12-13(5-11)21-17(20-12)10(7-19)3-9-4-15-16(26-8-25-15)6-14(9)22(23)24/h1-6H,8H2,(H,20,21)/b10-3+. The van der Waals surface area contributed by atoms with Crippen LogP contribution in [0.5, 0.6) is 11.5 Å². The smallest absolute Gasteiger partial charge is 0.280 e. The first-order chi connectivity index (χ1) is 12.5. The Morgan fingerprint density at radius 3 is 2.85 bits per heavy atom. The summed E-state index contributed by atoms with van der Waals surface area (Å²) in [6.45, 7) is -0.0279. The van der Waals surface area contributed by atoms with Gasteiger partial charge in [-0.05, 0) is 30.3 Å². The number of benzene rings is 2. The number of nitrogens with one attached hydrogen (secondary N) is 1. The van der Waals surface area contributed by atoms with Crippen molar-refractivity contribution in [3.8, 4) is 17.6 Å². The minimum absolute atomic E-state index is 0.0279. The number of hydrogen-bond donors (Lipinski definition) is 1. The first-order valence-electron chi connectivity index (χ1n) is 7.40. The molecule has 0 amide bonds. The van der Waals surface area contributed by atoms with Crippen LogP contribution in [0.15, 0.2) is 30.3 Å². The number of nitro groups is 1. The molecule has 3 aromatic rings. The van der Waals surface area contributed by atoms with Crippen LogP contribution in [0.3, 0.4) is 0 Å². The maximum atomic E-state index is 13.3. The minimum atomic E-state index is -0.573. The quantitative estimate of drug-likeness (QED) is 0.439. The molecule has 8 nitrogen and oxygen atoms in total. The molecule has 2 heterocycles. The fourth-order valence-electron chi connectivity index (χ4n) is 2.64. The molecule has 1 N–H and O–H groups in total. The Kier molecular flexibility index (Phi) is 3.51. The number of nitro benzene ring substituents is 1. The van der Waals surface area contributed by atoms with Crippen LogP contribution in [0, 0.1) is 27.3 Å². The van der Waals surface area contributed by atoms with Gasteiger partial charge in [-0.3, -0.25) is 10.1 Å². The first-order valence-corrected chi connectivity index (χ1v) is 7.40. The van der Waals surface area contributed by atoms with E-state index in [1.54, 1.807) is 0 Å². The van der Waals surface area contributed by atoms with Crippen molar-refractivity contribution in [1.82, 2.24) is 9.97 Å². The summed E-state index contributed by atoms with van der Waals surface area (Å²) in [5, 5.41) is 20.8. The molecule has 9 heteroatoms. The van der Waals surface area contributed by atoms with E-state index in [1.165, 1.54) is 36.4 Å². The molecule has 0 aliphatic carbocycles. The third-order valence-corrected chi connectivity index (χ3v) is 3.84. The van der Waals surface area contributed by atoms with Crippen LogP contribution in [0.2, 0.25) is 0 Å². The van der Waals surface area contributed by atoms with Crippen LogP contribution in [0.4, 0.5) is 10.1 Å². The maximum Gasteiger partial charge on any atom is 0.280 e. The molecule has 1 aliphatic heterocycles. The van der Waals surface area contributed by atoms with Gasteiger partial charge >= 0.3 is 0 Å². The van der Waals surface area contributed by atoms with Crippen LogP contribution in [0.1, 0.15) is 11.4 Å². The highest BCUT2D eigenvalue weighted by Crippen LogP contribution is 2.39. The highest BCUT2D eigenvalue weighted by atomic mass is 19.1. The fourth-order valence-corrected chi connectivity index (χ4v) is 2.64. The number of ether oxygens (including phenoxy) is 2. The fraction of sp³-hybridized carbons (Fsp3) is 0.0588. The lowest BCUT2D eigenvalue weighted by Gasteiger charge is -2.01. The molecule has 26 heavy (non-hydrogen) atoms. The maximum absolute atomic E-state index is 13.3. The predicted molar refractivity (Wildman–Crippen MR) is 88.8 cm³/mol. The SMILES string of the molecule is N#C/C(=C\c1cc2c(cc1[N+](=O)[O-])OCO2)c1nc2ccc(F)cc2[nH]1. The molecule has 0 radical (unpaired) electrons. The van der Waals surface area contributed by atoms with Crippen molar-refractivity contribution < 1.29 is 18.8 Å². The average Bonchev–Trinajstić information content (AvgIpc) is 3.24. The van der Waals surface area contributed by atoms with E-state index in [1.807, 2.05) is 6.07 Å². The van der Waals surface area contributed by atoms with E-state index in [9.17, 15) is 19.8 Å². The van der Waals surface area contributed by atoms with E-state index in [0.29, 0.717) is 16.8 Å². The Bertz CT molecular complexity index is 1130. The highest BCUT2D eigenvalue weighted by molar-refractivity contribution is 5.92. The monoisotopic (exact) mass is 352 g/mol. The molecule has 0 bridgehead atoms. The number of allylic oxidation sites excluding steroid dienone is 1. The second kappa shape index (κ2) is 5.86. The molecule has 4 rings (SSSR count). The Balaban J connectivity index is 1.85. The lowest BCUT2D eigenvalue weighted by Crippen LogP contribution is -1.93. The molecule has 1 aromatic heterocycles. The van der Waals surface area contributed by atoms with Gasteiger partial charge in [0.15, 0.2) is 11.5 Å². The van der Waals surface area contributed by atoms with Gasteiger partial charge in [-0.2, -0.15) is 5.26 Å². The van der Waals surface area contributed by atoms with Crippen LogP contribution < -0.4 is 9.47 Å². The molecule has 0 spiro atoms. The summed E-state index contributed by atoms with van der Waals surface area (Å²) in [6, 6.07) is 8.62. The number of hydrogen-bond acceptors (Lipinski definition) is 6. The molecule has 0 saturated heterocycles. The second-order valence-electron chi connectivity index (χ2n) is 5.44. The lowest BCUT2D eigenvalue weighted by atomic mass is 10.1. The molecule has 0 fully saturated rings. The summed E-state index contributed by atoms with van der Waals surface area (Å²) in [7, 11) is 0. The van der Waals surface area contributed by atoms with E-state index >= 15 is 0 Å². The molecular weight excluding hydrogens is 343 g/mol. The van der Waals surface area contributed by atoms with Crippen LogP contribution in [0.25, 0.3) is 22.7 Å². The molecular formula is C17H9FN4O4. The van der Waals surface area contributed by atoms with Crippen molar-refractivity contribution in [2.45, 2.75) is 0 Å². The number of rotatable bonds is 3. The van der Waals surface area contributed by atoms with Gasteiger partial charge in [0.1, 0.15) is 17.7 Å². The van der Waals surface area contributed by atoms with Gasteiger partial charge in [0.2, 0.25) is 6.79 Å². The van der Waals surface area contributed by atoms with Gasteiger partial charge in [0, 0.05) is 0 Å². The Morgan fingerprint density at radius 1 is 1.35 bits per heavy atom. The van der Waals surface area contributed by atoms with E-state index in [2.05, 4.69) is 9.97 Å². The molecule has 128 valence electrons. The van der Waals surface area contributed by atoms with E-state index in [0.717, 1.165) is 0 Å². The largest absolute Gasteiger partial charge is 0.454 e. The van der Waals surface area contributed by atoms with Crippen molar-refractivity contribution in [1.29, 1.82) is 5.26 Å². The van der Waals surface area contributed by atoms with Crippen LogP contribution in [-0.2, 0) is 0 Å². The minimum Gasteiger partial charge on any atom is -0.454 e. The predicted octanol–water partition coefficient (Wildman–Crippen LogP) is 3.40. The lowest BCUT2D eigenvalue weighted by molar-refractivity contribution is -0.385. The molecule has 2 aromatic carbocycles. The van der Waals surface area contributed by atoms with Gasteiger partial charge < -0.3 is 14.5 Å². The third kappa shape index (κ3) is 2.59. The van der Waals surface area contributed by atoms with Crippen LogP contribution in [-0.4, -0.2) is 21.7 Å². The average molecular weight is 352 g/mol. The van der Waals surface area contributed by atoms with Gasteiger partial charge in [0.05, 0.1) is 33.2 Å². The normalized spacial score (nSPS) is 13.0. The number of imidazole rings is 1. The van der Waals surface area contributed by atoms with Crippen molar-refractivity contribution in [3.63, 3.8) is 0 Å². The number of H-pyrrole nitrogens is 1. The molecule has 0 atom stereocenters. The van der Waals surface area contributed by atoms with Crippen molar-refractivity contribution >= 4 is 28.4 Å². The number of aromatic amines is 1.